The molecule has 20 atom stereocenters. The number of halogens is 1. The Morgan fingerprint density at radius 1 is 0.645 bits per heavy atom. The van der Waals surface area contributed by atoms with Gasteiger partial charge in [-0.15, -0.1) is 0 Å². The Bertz CT molecular complexity index is 1630. The number of alkyl halides is 1. The van der Waals surface area contributed by atoms with Gasteiger partial charge in [-0.1, -0.05) is 5.11 Å². The number of carbonyl (C=O) groups is 1. The molecule has 0 spiro atoms. The zero-order chi connectivity index (χ0) is 45.4. The molecular weight excluding hydrogens is 847 g/mol. The van der Waals surface area contributed by atoms with Crippen molar-refractivity contribution in [3.05, 3.63) is 34.2 Å². The van der Waals surface area contributed by atoms with Crippen molar-refractivity contribution in [2.45, 2.75) is 142 Å². The number of carbonyl (C=O) groups excluding carboxylic acids is 1. The van der Waals surface area contributed by atoms with Crippen molar-refractivity contribution < 1.29 is 113 Å². The predicted octanol–water partition coefficient (Wildman–Crippen LogP) is -6.16. The molecule has 0 saturated carbocycles. The van der Waals surface area contributed by atoms with E-state index in [-0.39, 0.29) is 36.4 Å². The summed E-state index contributed by atoms with van der Waals surface area (Å²) in [6.07, 6.45) is -36.2. The first-order valence-electron chi connectivity index (χ1n) is 19.4. The maximum absolute atomic E-state index is 14.1. The minimum atomic E-state index is -2.10. The van der Waals surface area contributed by atoms with Crippen molar-refractivity contribution in [2.24, 2.45) is 5.11 Å². The molecule has 12 unspecified atom stereocenters. The summed E-state index contributed by atoms with van der Waals surface area (Å²) in [7, 11) is 0. The number of rotatable bonds is 18. The van der Waals surface area contributed by atoms with Crippen LogP contribution in [0.15, 0.2) is 23.3 Å². The van der Waals surface area contributed by atoms with Gasteiger partial charge >= 0.3 is 0 Å². The molecule has 4 aliphatic heterocycles. The first kappa shape index (κ1) is 49.9. The van der Waals surface area contributed by atoms with E-state index in [9.17, 15) is 75.6 Å². The highest BCUT2D eigenvalue weighted by Gasteiger charge is 2.55. The minimum Gasteiger partial charge on any atom is -0.462 e. The summed E-state index contributed by atoms with van der Waals surface area (Å²) >= 11 is 0. The molecule has 4 aliphatic rings. The third kappa shape index (κ3) is 11.2. The van der Waals surface area contributed by atoms with E-state index in [0.717, 1.165) is 0 Å². The maximum atomic E-state index is 14.1. The highest BCUT2D eigenvalue weighted by atomic mass is 19.1. The van der Waals surface area contributed by atoms with Gasteiger partial charge < -0.3 is 110 Å². The lowest BCUT2D eigenvalue weighted by Gasteiger charge is -2.49. The van der Waals surface area contributed by atoms with Gasteiger partial charge in [0.15, 0.2) is 18.9 Å². The average molecular weight is 901 g/mol. The third-order valence-electron chi connectivity index (χ3n) is 10.6. The van der Waals surface area contributed by atoms with Crippen LogP contribution in [-0.2, 0) is 44.6 Å². The number of azide groups is 1. The van der Waals surface area contributed by atoms with Crippen LogP contribution < -0.4 is 10.1 Å². The Morgan fingerprint density at radius 3 is 1.53 bits per heavy atom. The second-order valence-electron chi connectivity index (χ2n) is 14.8. The van der Waals surface area contributed by atoms with Crippen molar-refractivity contribution >= 4 is 11.6 Å². The molecule has 4 saturated heterocycles. The lowest BCUT2D eigenvalue weighted by atomic mass is 9.95. The van der Waals surface area contributed by atoms with E-state index in [4.69, 9.17) is 43.4 Å². The van der Waals surface area contributed by atoms with Crippen LogP contribution in [0.2, 0.25) is 0 Å². The molecule has 1 amide bonds. The van der Waals surface area contributed by atoms with Crippen LogP contribution in [0.1, 0.15) is 18.4 Å². The molecule has 4 heterocycles. The van der Waals surface area contributed by atoms with E-state index in [1.54, 1.807) is 0 Å². The number of aliphatic hydroxyl groups excluding tert-OH is 13. The van der Waals surface area contributed by atoms with Crippen LogP contribution >= 0.6 is 0 Å². The van der Waals surface area contributed by atoms with Gasteiger partial charge in [0.25, 0.3) is 0 Å². The fourth-order valence-corrected chi connectivity index (χ4v) is 7.21. The summed E-state index contributed by atoms with van der Waals surface area (Å²) in [5.74, 6) is -0.614. The number of hydrogen-bond donors (Lipinski definition) is 14. The zero-order valence-electron chi connectivity index (χ0n) is 32.6. The molecule has 5 rings (SSSR count). The zero-order valence-corrected chi connectivity index (χ0v) is 32.6. The first-order chi connectivity index (χ1) is 29.6. The molecule has 1 aromatic rings. The largest absolute Gasteiger partial charge is 0.462 e. The molecule has 352 valence electrons. The Balaban J connectivity index is 1.20. The Morgan fingerprint density at radius 2 is 1.08 bits per heavy atom. The predicted molar refractivity (Wildman–Crippen MR) is 195 cm³/mol. The highest BCUT2D eigenvalue weighted by molar-refractivity contribution is 5.90. The fraction of sp³-hybridized carbons (Fsp3) is 0.800. The molecule has 0 radical (unpaired) electrons. The Labute approximate surface area is 350 Å². The number of amides is 1. The summed E-state index contributed by atoms with van der Waals surface area (Å²) in [6, 6.07) is 3.86. The SMILES string of the molecule is [N-]=[N+]=NCCCC(=O)Nc1ccc(O[C@@H]2OC(CO)[C@@H](O[C@H]3OC(CO)[C@@H](O[C@H]4OC(CO)[C@@H](O[C@H]5OC(CO)[C@@H](O)C(O)C5O)C(O)C4O)C(O)C3O)C(O)C2O)c(CF)c1. The standard InChI is InChI=1S/C35H53FN4O22/c36-7-12-6-13(39-19(45)2-1-5-38-40-37)3-4-14(12)55-32-26(52)22(48)29(16(9-42)57-32)61-34-28(54)24(50)31(18(11-44)59-34)62-35-27(53)23(49)30(17(10-43)58-35)60-33-25(51)21(47)20(46)15(8-41)56-33/h3-4,6,15-18,20-35,41-44,46-54H,1-2,5,7-11H2,(H,39,45)/t15?,16?,17?,18?,20-,21?,22?,23?,24?,25?,26?,27?,28?,29-,30-,31-,32-,33-,34-,35-/m1/s1. The number of ether oxygens (including phenoxy) is 8. The summed E-state index contributed by atoms with van der Waals surface area (Å²) in [5, 5.41) is 143. The fourth-order valence-electron chi connectivity index (χ4n) is 7.21. The second-order valence-corrected chi connectivity index (χ2v) is 14.8. The number of hydrogen-bond acceptors (Lipinski definition) is 23. The average Bonchev–Trinajstić information content (AvgIpc) is 3.27. The van der Waals surface area contributed by atoms with E-state index < -0.39 is 162 Å². The van der Waals surface area contributed by atoms with E-state index in [1.165, 1.54) is 18.2 Å². The van der Waals surface area contributed by atoms with Crippen LogP contribution in [0.5, 0.6) is 5.75 Å². The van der Waals surface area contributed by atoms with Gasteiger partial charge in [-0.3, -0.25) is 4.79 Å². The van der Waals surface area contributed by atoms with Crippen LogP contribution in [0.3, 0.4) is 0 Å². The number of nitrogens with zero attached hydrogens (tertiary/aromatic N) is 3. The number of benzene rings is 1. The minimum absolute atomic E-state index is 0.0133. The normalized spacial score (nSPS) is 41.3. The van der Waals surface area contributed by atoms with Crippen molar-refractivity contribution in [3.63, 3.8) is 0 Å². The summed E-state index contributed by atoms with van der Waals surface area (Å²) in [5.41, 5.74) is 8.44. The summed E-state index contributed by atoms with van der Waals surface area (Å²) in [6.45, 7) is -4.62. The van der Waals surface area contributed by atoms with E-state index in [1.807, 2.05) is 0 Å². The number of nitrogens with one attached hydrogen (secondary N) is 1. The van der Waals surface area contributed by atoms with Crippen LogP contribution in [-0.4, -0.2) is 228 Å². The smallest absolute Gasteiger partial charge is 0.229 e. The molecule has 0 bridgehead atoms. The van der Waals surface area contributed by atoms with Crippen LogP contribution in [0.25, 0.3) is 10.4 Å². The van der Waals surface area contributed by atoms with Crippen molar-refractivity contribution in [1.29, 1.82) is 0 Å². The summed E-state index contributed by atoms with van der Waals surface area (Å²) in [4.78, 5) is 14.8. The molecule has 27 heteroatoms. The van der Waals surface area contributed by atoms with Gasteiger partial charge in [0.1, 0.15) is 110 Å². The topological polar surface area (TPSA) is 415 Å². The van der Waals surface area contributed by atoms with Gasteiger partial charge in [0.05, 0.1) is 26.4 Å². The highest BCUT2D eigenvalue weighted by Crippen LogP contribution is 2.35. The molecule has 4 fully saturated rings. The van der Waals surface area contributed by atoms with Crippen molar-refractivity contribution in [3.8, 4) is 5.75 Å². The molecule has 26 nitrogen and oxygen atoms in total. The van der Waals surface area contributed by atoms with Gasteiger partial charge in [0.2, 0.25) is 12.2 Å². The molecule has 0 aromatic heterocycles. The monoisotopic (exact) mass is 900 g/mol. The summed E-state index contributed by atoms with van der Waals surface area (Å²) < 4.78 is 58.7. The maximum Gasteiger partial charge on any atom is 0.229 e. The lowest BCUT2D eigenvalue weighted by Crippen LogP contribution is -2.67. The third-order valence-corrected chi connectivity index (χ3v) is 10.6. The molecule has 1 aromatic carbocycles. The first-order valence-corrected chi connectivity index (χ1v) is 19.4. The van der Waals surface area contributed by atoms with E-state index in [0.29, 0.717) is 0 Å². The number of aliphatic hydroxyl groups is 13. The van der Waals surface area contributed by atoms with Gasteiger partial charge in [-0.25, -0.2) is 4.39 Å². The molecule has 62 heavy (non-hydrogen) atoms. The van der Waals surface area contributed by atoms with Crippen molar-refractivity contribution in [2.75, 3.05) is 38.3 Å². The molecule has 14 N–H and O–H groups in total. The van der Waals surface area contributed by atoms with Gasteiger partial charge in [-0.2, -0.15) is 0 Å². The Hall–Kier alpha value is -3.07. The quantitative estimate of drug-likeness (QED) is 0.0282. The van der Waals surface area contributed by atoms with Crippen LogP contribution in [0.4, 0.5) is 10.1 Å². The van der Waals surface area contributed by atoms with Crippen molar-refractivity contribution in [1.82, 2.24) is 0 Å². The van der Waals surface area contributed by atoms with E-state index >= 15 is 0 Å². The van der Waals surface area contributed by atoms with Crippen LogP contribution in [0, 0.1) is 0 Å². The lowest BCUT2D eigenvalue weighted by molar-refractivity contribution is -0.387. The van der Waals surface area contributed by atoms with Gasteiger partial charge in [-0.05, 0) is 30.2 Å². The molecular formula is C35H53FN4O22. The van der Waals surface area contributed by atoms with E-state index in [2.05, 4.69) is 15.3 Å². The second kappa shape index (κ2) is 22.7. The molecule has 0 aliphatic carbocycles. The Kier molecular flexibility index (Phi) is 18.3. The number of anilines is 1. The van der Waals surface area contributed by atoms with Gasteiger partial charge in [0, 0.05) is 29.1 Å².